The number of carboxylic acid groups (broad SMARTS) is 1. The summed E-state index contributed by atoms with van der Waals surface area (Å²) in [7, 11) is 2.83. The van der Waals surface area contributed by atoms with Gasteiger partial charge >= 0.3 is 5.97 Å². The Balaban J connectivity index is 2.29. The van der Waals surface area contributed by atoms with Crippen molar-refractivity contribution in [1.29, 1.82) is 0 Å². The smallest absolute Gasteiger partial charge is 0.303 e. The van der Waals surface area contributed by atoms with Gasteiger partial charge in [0.25, 0.3) is 0 Å². The van der Waals surface area contributed by atoms with Gasteiger partial charge in [0, 0.05) is 19.0 Å². The fraction of sp³-hybridized carbons (Fsp3) is 0.312. The van der Waals surface area contributed by atoms with Gasteiger partial charge < -0.3 is 19.9 Å². The number of nitrogens with one attached hydrogen (secondary N) is 1. The van der Waals surface area contributed by atoms with Crippen LogP contribution < -0.4 is 14.8 Å². The van der Waals surface area contributed by atoms with Gasteiger partial charge in [-0.1, -0.05) is 0 Å². The second-order valence-corrected chi connectivity index (χ2v) is 4.90. The van der Waals surface area contributed by atoms with Gasteiger partial charge in [-0.05, 0) is 18.6 Å². The van der Waals surface area contributed by atoms with Crippen molar-refractivity contribution in [2.45, 2.75) is 12.8 Å². The van der Waals surface area contributed by atoms with Crippen LogP contribution in [0.4, 0.5) is 0 Å². The molecule has 0 aromatic heterocycles. The number of carbonyl (C=O) groups is 3. The summed E-state index contributed by atoms with van der Waals surface area (Å²) in [5.74, 6) is -1.07. The van der Waals surface area contributed by atoms with Crippen molar-refractivity contribution in [1.82, 2.24) is 5.32 Å². The van der Waals surface area contributed by atoms with Gasteiger partial charge in [-0.2, -0.15) is 0 Å². The lowest BCUT2D eigenvalue weighted by Gasteiger charge is -2.20. The minimum absolute atomic E-state index is 0.0177. The van der Waals surface area contributed by atoms with E-state index in [4.69, 9.17) is 14.6 Å². The summed E-state index contributed by atoms with van der Waals surface area (Å²) in [6.45, 7) is 0.277. The highest BCUT2D eigenvalue weighted by atomic mass is 16.5. The predicted molar refractivity (Wildman–Crippen MR) is 81.2 cm³/mol. The third-order valence-corrected chi connectivity index (χ3v) is 3.45. The van der Waals surface area contributed by atoms with E-state index in [0.29, 0.717) is 12.2 Å². The summed E-state index contributed by atoms with van der Waals surface area (Å²) in [6.07, 6.45) is 1.53. The number of carbonyl (C=O) groups excluding carboxylic acids is 2. The van der Waals surface area contributed by atoms with Crippen LogP contribution in [0.1, 0.15) is 33.6 Å². The number of ether oxygens (including phenoxy) is 2. The van der Waals surface area contributed by atoms with Crippen molar-refractivity contribution in [2.24, 2.45) is 0 Å². The van der Waals surface area contributed by atoms with Gasteiger partial charge in [0.05, 0.1) is 31.0 Å². The van der Waals surface area contributed by atoms with E-state index >= 15 is 0 Å². The molecule has 0 unspecified atom stereocenters. The maximum absolute atomic E-state index is 12.6. The van der Waals surface area contributed by atoms with Crippen LogP contribution in [0.5, 0.6) is 11.5 Å². The van der Waals surface area contributed by atoms with Gasteiger partial charge in [0.15, 0.2) is 5.78 Å². The molecule has 7 nitrogen and oxygen atoms in total. The van der Waals surface area contributed by atoms with Crippen LogP contribution in [0.25, 0.3) is 0 Å². The molecule has 1 aromatic carbocycles. The zero-order chi connectivity index (χ0) is 17.0. The van der Waals surface area contributed by atoms with Crippen LogP contribution in [0, 0.1) is 0 Å². The lowest BCUT2D eigenvalue weighted by Crippen LogP contribution is -2.28. The van der Waals surface area contributed by atoms with Gasteiger partial charge in [0.2, 0.25) is 5.78 Å². The normalized spacial score (nSPS) is 13.2. The summed E-state index contributed by atoms with van der Waals surface area (Å²) in [5, 5.41) is 11.4. The first kappa shape index (κ1) is 16.5. The Kier molecular flexibility index (Phi) is 5.00. The molecule has 2 N–H and O–H groups in total. The minimum atomic E-state index is -0.913. The quantitative estimate of drug-likeness (QED) is 0.733. The van der Waals surface area contributed by atoms with Crippen molar-refractivity contribution in [3.8, 4) is 11.5 Å². The molecule has 23 heavy (non-hydrogen) atoms. The number of hydrogen-bond acceptors (Lipinski definition) is 6. The first-order chi connectivity index (χ1) is 11.0. The van der Waals surface area contributed by atoms with Crippen molar-refractivity contribution in [3.63, 3.8) is 0 Å². The fourth-order valence-electron chi connectivity index (χ4n) is 2.37. The average Bonchev–Trinajstić information content (AvgIpc) is 2.54. The van der Waals surface area contributed by atoms with Crippen molar-refractivity contribution < 1.29 is 29.0 Å². The Morgan fingerprint density at radius 1 is 1.13 bits per heavy atom. The molecule has 0 aliphatic heterocycles. The Morgan fingerprint density at radius 3 is 2.30 bits per heavy atom. The zero-order valence-corrected chi connectivity index (χ0v) is 12.8. The van der Waals surface area contributed by atoms with Gasteiger partial charge in [-0.3, -0.25) is 14.4 Å². The number of aliphatic carboxylic acids is 1. The molecule has 2 rings (SSSR count). The van der Waals surface area contributed by atoms with E-state index in [1.165, 1.54) is 20.3 Å². The largest absolute Gasteiger partial charge is 0.496 e. The van der Waals surface area contributed by atoms with Crippen LogP contribution in [-0.2, 0) is 4.79 Å². The molecule has 122 valence electrons. The maximum atomic E-state index is 12.6. The van der Waals surface area contributed by atoms with Crippen LogP contribution in [0.15, 0.2) is 23.9 Å². The number of methoxy groups -OCH3 is 2. The van der Waals surface area contributed by atoms with E-state index in [1.54, 1.807) is 12.1 Å². The molecule has 0 atom stereocenters. The molecule has 0 amide bonds. The molecular formula is C16H17NO6. The summed E-state index contributed by atoms with van der Waals surface area (Å²) in [5.41, 5.74) is 0.451. The predicted octanol–water partition coefficient (Wildman–Crippen LogP) is 1.42. The Bertz CT molecular complexity index is 692. The maximum Gasteiger partial charge on any atom is 0.303 e. The number of ketones is 2. The molecule has 0 saturated carbocycles. The fourth-order valence-corrected chi connectivity index (χ4v) is 2.37. The van der Waals surface area contributed by atoms with Gasteiger partial charge in [0.1, 0.15) is 11.5 Å². The molecule has 1 aromatic rings. The molecule has 0 radical (unpaired) electrons. The van der Waals surface area contributed by atoms with Crippen LogP contribution in [0.2, 0.25) is 0 Å². The van der Waals surface area contributed by atoms with E-state index in [0.717, 1.165) is 0 Å². The average molecular weight is 319 g/mol. The first-order valence-electron chi connectivity index (χ1n) is 7.01. The molecule has 1 aliphatic carbocycles. The number of Topliss-reactive ketones (excluding diaryl/α,β-unsaturated/α-hetero) is 1. The molecule has 0 bridgehead atoms. The molecule has 0 fully saturated rings. The van der Waals surface area contributed by atoms with E-state index in [-0.39, 0.29) is 47.1 Å². The number of benzene rings is 1. The molecule has 7 heteroatoms. The molecule has 0 saturated heterocycles. The Morgan fingerprint density at radius 2 is 1.74 bits per heavy atom. The zero-order valence-electron chi connectivity index (χ0n) is 12.8. The van der Waals surface area contributed by atoms with E-state index in [2.05, 4.69) is 5.32 Å². The highest BCUT2D eigenvalue weighted by molar-refractivity contribution is 6.26. The SMILES string of the molecule is COc1ccc(OC)c2c1C(=O)C=C(NCCCC(=O)O)C2=O. The summed E-state index contributed by atoms with van der Waals surface area (Å²) in [6, 6.07) is 3.14. The number of allylic oxidation sites excluding steroid dienone is 2. The molecule has 0 spiro atoms. The second-order valence-electron chi connectivity index (χ2n) is 4.90. The van der Waals surface area contributed by atoms with Gasteiger partial charge in [-0.25, -0.2) is 0 Å². The third kappa shape index (κ3) is 3.33. The summed E-state index contributed by atoms with van der Waals surface area (Å²) in [4.78, 5) is 35.4. The van der Waals surface area contributed by atoms with E-state index in [9.17, 15) is 14.4 Å². The summed E-state index contributed by atoms with van der Waals surface area (Å²) < 4.78 is 10.3. The number of rotatable bonds is 7. The lowest BCUT2D eigenvalue weighted by atomic mass is 9.90. The van der Waals surface area contributed by atoms with Crippen molar-refractivity contribution in [2.75, 3.05) is 20.8 Å². The van der Waals surface area contributed by atoms with Crippen LogP contribution in [0.3, 0.4) is 0 Å². The van der Waals surface area contributed by atoms with Crippen molar-refractivity contribution in [3.05, 3.63) is 35.0 Å². The third-order valence-electron chi connectivity index (χ3n) is 3.45. The topological polar surface area (TPSA) is 102 Å². The van der Waals surface area contributed by atoms with E-state index in [1.807, 2.05) is 0 Å². The monoisotopic (exact) mass is 319 g/mol. The second kappa shape index (κ2) is 6.95. The minimum Gasteiger partial charge on any atom is -0.496 e. The lowest BCUT2D eigenvalue weighted by molar-refractivity contribution is -0.137. The number of hydrogen-bond donors (Lipinski definition) is 2. The highest BCUT2D eigenvalue weighted by Crippen LogP contribution is 2.35. The first-order valence-corrected chi connectivity index (χ1v) is 7.01. The molecule has 1 aliphatic rings. The van der Waals surface area contributed by atoms with Crippen LogP contribution >= 0.6 is 0 Å². The van der Waals surface area contributed by atoms with Gasteiger partial charge in [-0.15, -0.1) is 0 Å². The highest BCUT2D eigenvalue weighted by Gasteiger charge is 2.31. The number of carboxylic acids is 1. The van der Waals surface area contributed by atoms with Crippen LogP contribution in [-0.4, -0.2) is 43.4 Å². The molecule has 0 heterocycles. The number of fused-ring (bicyclic) bond motifs is 1. The van der Waals surface area contributed by atoms with Crippen molar-refractivity contribution >= 4 is 17.5 Å². The molecular weight excluding hydrogens is 302 g/mol. The summed E-state index contributed by atoms with van der Waals surface area (Å²) >= 11 is 0. The Labute approximate surface area is 132 Å². The Hall–Kier alpha value is -2.83. The van der Waals surface area contributed by atoms with E-state index < -0.39 is 5.97 Å². The standard InChI is InChI=1S/C16H17NO6/c1-22-11-5-6-12(23-2)15-14(11)10(18)8-9(16(15)21)17-7-3-4-13(19)20/h5-6,8,17H,3-4,7H2,1-2H3,(H,19,20).